The van der Waals surface area contributed by atoms with Gasteiger partial charge in [-0.3, -0.25) is 4.79 Å². The Labute approximate surface area is 84.3 Å². The number of hydrogen-bond donors (Lipinski definition) is 3. The Hall–Kier alpha value is -0.610. The molecule has 3 N–H and O–H groups in total. The Morgan fingerprint density at radius 1 is 1.29 bits per heavy atom. The average molecular weight is 201 g/mol. The molecule has 0 spiro atoms. The van der Waals surface area contributed by atoms with Gasteiger partial charge in [0.2, 0.25) is 0 Å². The maximum Gasteiger partial charge on any atom is 0.303 e. The fourth-order valence-electron chi connectivity index (χ4n) is 1.47. The first-order valence-corrected chi connectivity index (χ1v) is 5.26. The first-order chi connectivity index (χ1) is 6.68. The smallest absolute Gasteiger partial charge is 0.303 e. The van der Waals surface area contributed by atoms with Crippen LogP contribution in [0.4, 0.5) is 0 Å². The van der Waals surface area contributed by atoms with Crippen molar-refractivity contribution in [2.45, 2.75) is 44.1 Å². The van der Waals surface area contributed by atoms with Gasteiger partial charge in [-0.2, -0.15) is 0 Å². The zero-order valence-electron chi connectivity index (χ0n) is 8.46. The minimum Gasteiger partial charge on any atom is -0.481 e. The normalized spacial score (nSPS) is 18.1. The van der Waals surface area contributed by atoms with Crippen LogP contribution in [0.5, 0.6) is 0 Å². The van der Waals surface area contributed by atoms with Crippen molar-refractivity contribution in [2.24, 2.45) is 0 Å². The summed E-state index contributed by atoms with van der Waals surface area (Å²) >= 11 is 0. The van der Waals surface area contributed by atoms with Gasteiger partial charge in [0.25, 0.3) is 0 Å². The highest BCUT2D eigenvalue weighted by Gasteiger charge is 2.40. The van der Waals surface area contributed by atoms with Crippen LogP contribution in [0.1, 0.15) is 38.5 Å². The van der Waals surface area contributed by atoms with E-state index in [1.54, 1.807) is 0 Å². The van der Waals surface area contributed by atoms with Crippen molar-refractivity contribution in [2.75, 3.05) is 13.2 Å². The number of unbranched alkanes of at least 4 members (excludes halogenated alkanes) is 2. The highest BCUT2D eigenvalue weighted by atomic mass is 16.4. The zero-order chi connectivity index (χ0) is 10.4. The summed E-state index contributed by atoms with van der Waals surface area (Å²) in [6.45, 7) is 1.11. The molecular formula is C10H19NO3. The molecule has 1 saturated carbocycles. The van der Waals surface area contributed by atoms with Gasteiger partial charge in [-0.25, -0.2) is 0 Å². The fourth-order valence-corrected chi connectivity index (χ4v) is 1.47. The third-order valence-electron chi connectivity index (χ3n) is 2.72. The molecule has 0 atom stereocenters. The second-order valence-electron chi connectivity index (χ2n) is 4.07. The highest BCUT2D eigenvalue weighted by molar-refractivity contribution is 5.66. The second kappa shape index (κ2) is 5.32. The first kappa shape index (κ1) is 11.5. The van der Waals surface area contributed by atoms with E-state index in [9.17, 15) is 4.79 Å². The van der Waals surface area contributed by atoms with Crippen LogP contribution in [0.2, 0.25) is 0 Å². The van der Waals surface area contributed by atoms with Gasteiger partial charge < -0.3 is 15.5 Å². The number of aliphatic hydroxyl groups is 1. The molecule has 0 aliphatic heterocycles. The van der Waals surface area contributed by atoms with E-state index in [1.807, 2.05) is 0 Å². The number of carboxylic acid groups (broad SMARTS) is 1. The summed E-state index contributed by atoms with van der Waals surface area (Å²) in [5.41, 5.74) is 0.0206. The molecule has 1 aliphatic carbocycles. The second-order valence-corrected chi connectivity index (χ2v) is 4.07. The lowest BCUT2D eigenvalue weighted by Gasteiger charge is -2.13. The number of nitrogens with one attached hydrogen (secondary N) is 1. The van der Waals surface area contributed by atoms with Gasteiger partial charge in [0.15, 0.2) is 0 Å². The number of carboxylic acids is 1. The van der Waals surface area contributed by atoms with E-state index >= 15 is 0 Å². The number of carbonyl (C=O) groups is 1. The van der Waals surface area contributed by atoms with Crippen molar-refractivity contribution in [3.8, 4) is 0 Å². The Kier molecular flexibility index (Phi) is 4.35. The summed E-state index contributed by atoms with van der Waals surface area (Å²) in [4.78, 5) is 10.2. The topological polar surface area (TPSA) is 69.6 Å². The minimum atomic E-state index is -0.716. The van der Waals surface area contributed by atoms with E-state index in [0.717, 1.165) is 38.6 Å². The van der Waals surface area contributed by atoms with Crippen LogP contribution in [0.15, 0.2) is 0 Å². The molecule has 0 saturated heterocycles. The molecule has 0 aromatic heterocycles. The van der Waals surface area contributed by atoms with Crippen molar-refractivity contribution in [1.82, 2.24) is 5.32 Å². The molecule has 82 valence electrons. The molecule has 0 aromatic rings. The van der Waals surface area contributed by atoms with Crippen LogP contribution >= 0.6 is 0 Å². The highest BCUT2D eigenvalue weighted by Crippen LogP contribution is 2.34. The van der Waals surface area contributed by atoms with Crippen LogP contribution in [-0.2, 0) is 4.79 Å². The predicted molar refractivity (Wildman–Crippen MR) is 53.2 cm³/mol. The molecular weight excluding hydrogens is 182 g/mol. The molecule has 1 aliphatic rings. The molecule has 0 unspecified atom stereocenters. The maximum atomic E-state index is 10.2. The maximum absolute atomic E-state index is 10.2. The summed E-state index contributed by atoms with van der Waals surface area (Å²) in [6.07, 6.45) is 5.10. The average Bonchev–Trinajstić information content (AvgIpc) is 2.91. The molecule has 4 nitrogen and oxygen atoms in total. The monoisotopic (exact) mass is 201 g/mol. The first-order valence-electron chi connectivity index (χ1n) is 5.26. The van der Waals surface area contributed by atoms with Crippen molar-refractivity contribution in [3.63, 3.8) is 0 Å². The standard InChI is InChI=1S/C10H19NO3/c12-8-10(5-6-10)11-7-3-1-2-4-9(13)14/h11-12H,1-8H2,(H,13,14). The van der Waals surface area contributed by atoms with Gasteiger partial charge in [-0.05, 0) is 32.2 Å². The van der Waals surface area contributed by atoms with Crippen molar-refractivity contribution in [3.05, 3.63) is 0 Å². The number of hydrogen-bond acceptors (Lipinski definition) is 3. The van der Waals surface area contributed by atoms with E-state index in [0.29, 0.717) is 0 Å². The molecule has 1 rings (SSSR count). The Morgan fingerprint density at radius 3 is 2.50 bits per heavy atom. The van der Waals surface area contributed by atoms with Crippen LogP contribution < -0.4 is 5.32 Å². The van der Waals surface area contributed by atoms with Crippen molar-refractivity contribution < 1.29 is 15.0 Å². The zero-order valence-corrected chi connectivity index (χ0v) is 8.46. The SMILES string of the molecule is O=C(O)CCCCCNC1(CO)CC1. The summed E-state index contributed by atoms with van der Waals surface area (Å²) in [5.74, 6) is -0.716. The molecule has 0 amide bonds. The Morgan fingerprint density at radius 2 is 2.00 bits per heavy atom. The number of rotatable bonds is 8. The quantitative estimate of drug-likeness (QED) is 0.507. The predicted octanol–water partition coefficient (Wildman–Crippen LogP) is 0.746. The fraction of sp³-hybridized carbons (Fsp3) is 0.900. The molecule has 1 fully saturated rings. The van der Waals surface area contributed by atoms with Crippen molar-refractivity contribution in [1.29, 1.82) is 0 Å². The lowest BCUT2D eigenvalue weighted by molar-refractivity contribution is -0.137. The molecule has 0 aromatic carbocycles. The molecule has 0 bridgehead atoms. The molecule has 0 heterocycles. The summed E-state index contributed by atoms with van der Waals surface area (Å²) < 4.78 is 0. The van der Waals surface area contributed by atoms with Gasteiger partial charge in [0.1, 0.15) is 0 Å². The Bertz CT molecular complexity index is 190. The third-order valence-corrected chi connectivity index (χ3v) is 2.72. The van der Waals surface area contributed by atoms with E-state index in [1.165, 1.54) is 0 Å². The molecule has 0 radical (unpaired) electrons. The van der Waals surface area contributed by atoms with Crippen molar-refractivity contribution >= 4 is 5.97 Å². The Balaban J connectivity index is 1.87. The molecule has 4 heteroatoms. The summed E-state index contributed by atoms with van der Waals surface area (Å²) in [5, 5.41) is 20.7. The summed E-state index contributed by atoms with van der Waals surface area (Å²) in [6, 6.07) is 0. The number of aliphatic hydroxyl groups excluding tert-OH is 1. The van der Waals surface area contributed by atoms with Gasteiger partial charge in [-0.15, -0.1) is 0 Å². The van der Waals surface area contributed by atoms with Gasteiger partial charge in [0.05, 0.1) is 6.61 Å². The summed E-state index contributed by atoms with van der Waals surface area (Å²) in [7, 11) is 0. The van der Waals surface area contributed by atoms with Crippen LogP contribution in [0, 0.1) is 0 Å². The largest absolute Gasteiger partial charge is 0.481 e. The van der Waals surface area contributed by atoms with Gasteiger partial charge in [0, 0.05) is 12.0 Å². The van der Waals surface area contributed by atoms with Gasteiger partial charge in [-0.1, -0.05) is 6.42 Å². The molecule has 14 heavy (non-hydrogen) atoms. The van der Waals surface area contributed by atoms with E-state index in [2.05, 4.69) is 5.32 Å². The van der Waals surface area contributed by atoms with E-state index in [4.69, 9.17) is 10.2 Å². The lowest BCUT2D eigenvalue weighted by atomic mass is 10.2. The van der Waals surface area contributed by atoms with Crippen LogP contribution in [0.25, 0.3) is 0 Å². The van der Waals surface area contributed by atoms with Gasteiger partial charge >= 0.3 is 5.97 Å². The van der Waals surface area contributed by atoms with Crippen LogP contribution in [-0.4, -0.2) is 34.9 Å². The van der Waals surface area contributed by atoms with Crippen LogP contribution in [0.3, 0.4) is 0 Å². The number of aliphatic carboxylic acids is 1. The van der Waals surface area contributed by atoms with E-state index in [-0.39, 0.29) is 18.6 Å². The van der Waals surface area contributed by atoms with E-state index < -0.39 is 5.97 Å². The third kappa shape index (κ3) is 4.07. The minimum absolute atomic E-state index is 0.0206. The lowest BCUT2D eigenvalue weighted by Crippen LogP contribution is -2.35.